The quantitative estimate of drug-likeness (QED) is 0.737. The number of halogens is 1. The molecule has 0 radical (unpaired) electrons. The molecule has 1 aromatic carbocycles. The van der Waals surface area contributed by atoms with E-state index in [0.717, 1.165) is 24.4 Å². The number of aryl methyl sites for hydroxylation is 1. The zero-order valence-corrected chi connectivity index (χ0v) is 12.4. The van der Waals surface area contributed by atoms with E-state index in [9.17, 15) is 0 Å². The van der Waals surface area contributed by atoms with Crippen molar-refractivity contribution in [3.05, 3.63) is 35.9 Å². The molecule has 0 aliphatic carbocycles. The Labute approximate surface area is 123 Å². The molecule has 0 bridgehead atoms. The summed E-state index contributed by atoms with van der Waals surface area (Å²) in [6.45, 7) is 3.29. The predicted molar refractivity (Wildman–Crippen MR) is 77.2 cm³/mol. The van der Waals surface area contributed by atoms with Crippen LogP contribution in [-0.2, 0) is 19.0 Å². The van der Waals surface area contributed by atoms with Crippen molar-refractivity contribution in [2.45, 2.75) is 32.4 Å². The summed E-state index contributed by atoms with van der Waals surface area (Å²) in [6.07, 6.45) is 2.55. The molecule has 2 aromatic rings. The molecule has 0 unspecified atom stereocenters. The molecular formula is C14H18ClN3O2. The van der Waals surface area contributed by atoms with Gasteiger partial charge in [-0.05, 0) is 24.1 Å². The first-order chi connectivity index (χ1) is 9.78. The maximum Gasteiger partial charge on any atom is 0.164 e. The van der Waals surface area contributed by atoms with Crippen molar-refractivity contribution in [3.8, 4) is 11.5 Å². The normalized spacial score (nSPS) is 10.6. The topological polar surface area (TPSA) is 49.2 Å². The third kappa shape index (κ3) is 3.42. The highest BCUT2D eigenvalue weighted by atomic mass is 35.5. The Morgan fingerprint density at radius 1 is 1.30 bits per heavy atom. The fraction of sp³-hybridized carbons (Fsp3) is 0.429. The molecule has 0 amide bonds. The number of ether oxygens (including phenoxy) is 2. The number of methoxy groups -OCH3 is 1. The molecule has 0 N–H and O–H groups in total. The molecule has 0 fully saturated rings. The second-order valence-electron chi connectivity index (χ2n) is 4.31. The first-order valence-corrected chi connectivity index (χ1v) is 7.04. The van der Waals surface area contributed by atoms with E-state index in [1.54, 1.807) is 13.4 Å². The minimum Gasteiger partial charge on any atom is -0.493 e. The Bertz CT molecular complexity index is 557. The van der Waals surface area contributed by atoms with Gasteiger partial charge in [0, 0.05) is 12.4 Å². The summed E-state index contributed by atoms with van der Waals surface area (Å²) < 4.78 is 12.9. The molecule has 1 heterocycles. The molecule has 0 saturated heterocycles. The molecule has 0 aliphatic heterocycles. The molecular weight excluding hydrogens is 278 g/mol. The Hall–Kier alpha value is -1.75. The Morgan fingerprint density at radius 3 is 2.85 bits per heavy atom. The number of rotatable bonds is 7. The third-order valence-corrected chi connectivity index (χ3v) is 3.18. The highest BCUT2D eigenvalue weighted by molar-refractivity contribution is 6.17. The van der Waals surface area contributed by atoms with Crippen LogP contribution < -0.4 is 9.47 Å². The smallest absolute Gasteiger partial charge is 0.164 e. The first-order valence-electron chi connectivity index (χ1n) is 6.50. The molecule has 0 spiro atoms. The van der Waals surface area contributed by atoms with Gasteiger partial charge in [-0.1, -0.05) is 13.0 Å². The number of hydrogen-bond donors (Lipinski definition) is 0. The van der Waals surface area contributed by atoms with Crippen molar-refractivity contribution in [2.24, 2.45) is 0 Å². The lowest BCUT2D eigenvalue weighted by Gasteiger charge is -2.11. The first kappa shape index (κ1) is 14.7. The van der Waals surface area contributed by atoms with Crippen LogP contribution in [0.4, 0.5) is 0 Å². The largest absolute Gasteiger partial charge is 0.493 e. The van der Waals surface area contributed by atoms with Crippen molar-refractivity contribution in [1.29, 1.82) is 0 Å². The summed E-state index contributed by atoms with van der Waals surface area (Å²) in [4.78, 5) is 4.20. The van der Waals surface area contributed by atoms with Crippen molar-refractivity contribution < 1.29 is 9.47 Å². The summed E-state index contributed by atoms with van der Waals surface area (Å²) in [6, 6.07) is 5.65. The Balaban J connectivity index is 2.08. The Kier molecular flexibility index (Phi) is 5.24. The fourth-order valence-electron chi connectivity index (χ4n) is 1.86. The second kappa shape index (κ2) is 7.14. The number of aromatic nitrogens is 3. The van der Waals surface area contributed by atoms with Crippen LogP contribution in [-0.4, -0.2) is 21.9 Å². The highest BCUT2D eigenvalue weighted by Crippen LogP contribution is 2.29. The van der Waals surface area contributed by atoms with Gasteiger partial charge in [0.25, 0.3) is 0 Å². The molecule has 108 valence electrons. The Morgan fingerprint density at radius 2 is 2.15 bits per heavy atom. The van der Waals surface area contributed by atoms with E-state index in [-0.39, 0.29) is 0 Å². The van der Waals surface area contributed by atoms with Crippen LogP contribution in [0.3, 0.4) is 0 Å². The van der Waals surface area contributed by atoms with Gasteiger partial charge in [-0.3, -0.25) is 0 Å². The zero-order chi connectivity index (χ0) is 14.4. The van der Waals surface area contributed by atoms with Crippen LogP contribution in [0.25, 0.3) is 0 Å². The van der Waals surface area contributed by atoms with Crippen molar-refractivity contribution in [2.75, 3.05) is 7.11 Å². The predicted octanol–water partition coefficient (Wildman–Crippen LogP) is 3.01. The van der Waals surface area contributed by atoms with Gasteiger partial charge in [-0.2, -0.15) is 5.10 Å². The molecule has 6 heteroatoms. The standard InChI is InChI=1S/C14H18ClN3O2/c1-3-6-18-14(16-10-17-18)9-20-12-5-4-11(8-15)7-13(12)19-2/h4-5,7,10H,3,6,8-9H2,1-2H3. The van der Waals surface area contributed by atoms with E-state index < -0.39 is 0 Å². The number of alkyl halides is 1. The molecule has 0 aliphatic rings. The van der Waals surface area contributed by atoms with Gasteiger partial charge >= 0.3 is 0 Å². The monoisotopic (exact) mass is 295 g/mol. The van der Waals surface area contributed by atoms with Gasteiger partial charge in [-0.15, -0.1) is 11.6 Å². The summed E-state index contributed by atoms with van der Waals surface area (Å²) in [5.74, 6) is 2.59. The lowest BCUT2D eigenvalue weighted by Crippen LogP contribution is -2.08. The van der Waals surface area contributed by atoms with Crippen LogP contribution in [0.1, 0.15) is 24.7 Å². The average Bonchev–Trinajstić information content (AvgIpc) is 2.92. The van der Waals surface area contributed by atoms with Crippen LogP contribution in [0, 0.1) is 0 Å². The van der Waals surface area contributed by atoms with E-state index in [0.29, 0.717) is 24.0 Å². The van der Waals surface area contributed by atoms with Crippen LogP contribution in [0.2, 0.25) is 0 Å². The van der Waals surface area contributed by atoms with E-state index >= 15 is 0 Å². The lowest BCUT2D eigenvalue weighted by atomic mass is 10.2. The third-order valence-electron chi connectivity index (χ3n) is 2.87. The lowest BCUT2D eigenvalue weighted by molar-refractivity contribution is 0.269. The average molecular weight is 296 g/mol. The highest BCUT2D eigenvalue weighted by Gasteiger charge is 2.09. The van der Waals surface area contributed by atoms with E-state index in [2.05, 4.69) is 17.0 Å². The van der Waals surface area contributed by atoms with Gasteiger partial charge in [0.1, 0.15) is 12.9 Å². The minimum atomic E-state index is 0.358. The molecule has 2 rings (SSSR count). The van der Waals surface area contributed by atoms with Gasteiger partial charge in [0.05, 0.1) is 7.11 Å². The summed E-state index contributed by atoms with van der Waals surface area (Å²) in [7, 11) is 1.61. The second-order valence-corrected chi connectivity index (χ2v) is 4.57. The molecule has 0 saturated carbocycles. The van der Waals surface area contributed by atoms with E-state index in [1.807, 2.05) is 22.9 Å². The number of nitrogens with zero attached hydrogens (tertiary/aromatic N) is 3. The molecule has 5 nitrogen and oxygen atoms in total. The van der Waals surface area contributed by atoms with Crippen LogP contribution in [0.5, 0.6) is 11.5 Å². The summed E-state index contributed by atoms with van der Waals surface area (Å²) in [5.41, 5.74) is 0.991. The van der Waals surface area contributed by atoms with Crippen molar-refractivity contribution in [3.63, 3.8) is 0 Å². The van der Waals surface area contributed by atoms with Crippen LogP contribution in [0.15, 0.2) is 24.5 Å². The SMILES string of the molecule is CCCn1ncnc1COc1ccc(CCl)cc1OC. The van der Waals surface area contributed by atoms with Gasteiger partial charge in [0.2, 0.25) is 0 Å². The maximum absolute atomic E-state index is 5.80. The van der Waals surface area contributed by atoms with Gasteiger partial charge < -0.3 is 9.47 Å². The number of hydrogen-bond acceptors (Lipinski definition) is 4. The van der Waals surface area contributed by atoms with Crippen molar-refractivity contribution >= 4 is 11.6 Å². The minimum absolute atomic E-state index is 0.358. The number of benzene rings is 1. The van der Waals surface area contributed by atoms with Crippen molar-refractivity contribution in [1.82, 2.24) is 14.8 Å². The van der Waals surface area contributed by atoms with Gasteiger partial charge in [-0.25, -0.2) is 9.67 Å². The maximum atomic E-state index is 5.80. The van der Waals surface area contributed by atoms with Gasteiger partial charge in [0.15, 0.2) is 17.3 Å². The summed E-state index contributed by atoms with van der Waals surface area (Å²) in [5, 5.41) is 4.17. The zero-order valence-electron chi connectivity index (χ0n) is 11.7. The molecule has 20 heavy (non-hydrogen) atoms. The van der Waals surface area contributed by atoms with E-state index in [1.165, 1.54) is 0 Å². The molecule has 0 atom stereocenters. The van der Waals surface area contributed by atoms with E-state index in [4.69, 9.17) is 21.1 Å². The fourth-order valence-corrected chi connectivity index (χ4v) is 2.02. The van der Waals surface area contributed by atoms with Crippen LogP contribution >= 0.6 is 11.6 Å². The summed E-state index contributed by atoms with van der Waals surface area (Å²) >= 11 is 5.80. The molecule has 1 aromatic heterocycles.